The third-order valence-electron chi connectivity index (χ3n) is 4.66. The normalized spacial score (nSPS) is 15.8. The first-order chi connectivity index (χ1) is 11.4. The van der Waals surface area contributed by atoms with Gasteiger partial charge in [0, 0.05) is 36.1 Å². The Balaban J connectivity index is 1.78. The molecular formula is C17H19N3O3S. The van der Waals surface area contributed by atoms with Gasteiger partial charge in [0.05, 0.1) is 0 Å². The monoisotopic (exact) mass is 345 g/mol. The summed E-state index contributed by atoms with van der Waals surface area (Å²) in [5.41, 5.74) is 4.85. The van der Waals surface area contributed by atoms with Gasteiger partial charge in [-0.15, -0.1) is 0 Å². The molecule has 3 heterocycles. The van der Waals surface area contributed by atoms with E-state index in [9.17, 15) is 8.42 Å². The fourth-order valence-electron chi connectivity index (χ4n) is 3.49. The number of nitrogens with one attached hydrogen (secondary N) is 1. The lowest BCUT2D eigenvalue weighted by atomic mass is 10.1. The summed E-state index contributed by atoms with van der Waals surface area (Å²) in [4.78, 5) is 3.63. The first kappa shape index (κ1) is 15.4. The number of benzene rings is 1. The zero-order chi connectivity index (χ0) is 17.1. The molecule has 0 spiro atoms. The van der Waals surface area contributed by atoms with E-state index in [0.29, 0.717) is 31.0 Å². The summed E-state index contributed by atoms with van der Waals surface area (Å²) in [5, 5.41) is 4.88. The van der Waals surface area contributed by atoms with Crippen LogP contribution in [0.1, 0.15) is 28.3 Å². The maximum Gasteiger partial charge on any atom is 0.248 e. The van der Waals surface area contributed by atoms with E-state index in [0.717, 1.165) is 22.2 Å². The number of rotatable bonds is 2. The van der Waals surface area contributed by atoms with E-state index in [1.807, 2.05) is 6.92 Å². The third kappa shape index (κ3) is 2.19. The molecule has 1 aliphatic rings. The van der Waals surface area contributed by atoms with Crippen LogP contribution in [0.3, 0.4) is 0 Å². The number of H-pyrrole nitrogens is 1. The van der Waals surface area contributed by atoms with Gasteiger partial charge in [0.2, 0.25) is 10.0 Å². The number of fused-ring (bicyclic) bond motifs is 3. The molecule has 0 saturated heterocycles. The fourth-order valence-corrected chi connectivity index (χ4v) is 5.19. The standard InChI is InChI=1S/C17H19N3O3S/c1-10-4-5-13-14-9-20(7-6-15(14)18-16(13)8-10)24(21,22)17-11(2)19-23-12(17)3/h4-5,8,18H,6-7,9H2,1-3H3. The van der Waals surface area contributed by atoms with Crippen LogP contribution in [-0.2, 0) is 23.0 Å². The molecule has 0 amide bonds. The minimum absolute atomic E-state index is 0.196. The van der Waals surface area contributed by atoms with Gasteiger partial charge in [0.15, 0.2) is 5.76 Å². The van der Waals surface area contributed by atoms with Crippen molar-refractivity contribution in [2.45, 2.75) is 38.6 Å². The van der Waals surface area contributed by atoms with Gasteiger partial charge in [-0.05, 0) is 38.0 Å². The summed E-state index contributed by atoms with van der Waals surface area (Å²) in [6.45, 7) is 6.16. The lowest BCUT2D eigenvalue weighted by molar-refractivity contribution is 0.381. The van der Waals surface area contributed by atoms with Gasteiger partial charge < -0.3 is 9.51 Å². The molecular weight excluding hydrogens is 326 g/mol. The Morgan fingerprint density at radius 1 is 1.25 bits per heavy atom. The van der Waals surface area contributed by atoms with Crippen molar-refractivity contribution in [3.8, 4) is 0 Å². The number of hydrogen-bond acceptors (Lipinski definition) is 4. The zero-order valence-corrected chi connectivity index (χ0v) is 14.7. The smallest absolute Gasteiger partial charge is 0.248 e. The number of nitrogens with zero attached hydrogens (tertiary/aromatic N) is 2. The molecule has 1 N–H and O–H groups in total. The van der Waals surface area contributed by atoms with Crippen molar-refractivity contribution in [1.82, 2.24) is 14.4 Å². The largest absolute Gasteiger partial charge is 0.360 e. The minimum Gasteiger partial charge on any atom is -0.360 e. The number of aryl methyl sites for hydroxylation is 3. The lowest BCUT2D eigenvalue weighted by Gasteiger charge is -2.26. The van der Waals surface area contributed by atoms with Crippen molar-refractivity contribution in [2.24, 2.45) is 0 Å². The maximum atomic E-state index is 13.0. The Hall–Kier alpha value is -2.12. The summed E-state index contributed by atoms with van der Waals surface area (Å²) in [5.74, 6) is 0.341. The Bertz CT molecular complexity index is 1030. The molecule has 24 heavy (non-hydrogen) atoms. The zero-order valence-electron chi connectivity index (χ0n) is 13.9. The average Bonchev–Trinajstić information content (AvgIpc) is 3.05. The molecule has 1 aromatic carbocycles. The summed E-state index contributed by atoms with van der Waals surface area (Å²) in [6.07, 6.45) is 0.672. The topological polar surface area (TPSA) is 79.2 Å². The Labute approximate surface area is 140 Å². The van der Waals surface area contributed by atoms with E-state index in [-0.39, 0.29) is 4.90 Å². The van der Waals surface area contributed by atoms with Crippen LogP contribution in [0.25, 0.3) is 10.9 Å². The quantitative estimate of drug-likeness (QED) is 0.774. The SMILES string of the molecule is Cc1ccc2c3c([nH]c2c1)CCN(S(=O)(=O)c1c(C)noc1C)C3. The summed E-state index contributed by atoms with van der Waals surface area (Å²) in [6, 6.07) is 6.21. The molecule has 0 saturated carbocycles. The lowest BCUT2D eigenvalue weighted by Crippen LogP contribution is -2.36. The highest BCUT2D eigenvalue weighted by Gasteiger charge is 2.34. The van der Waals surface area contributed by atoms with Crippen molar-refractivity contribution < 1.29 is 12.9 Å². The minimum atomic E-state index is -3.61. The van der Waals surface area contributed by atoms with Crippen LogP contribution in [0.4, 0.5) is 0 Å². The van der Waals surface area contributed by atoms with Gasteiger partial charge in [-0.3, -0.25) is 0 Å². The van der Waals surface area contributed by atoms with Gasteiger partial charge in [-0.25, -0.2) is 8.42 Å². The van der Waals surface area contributed by atoms with Gasteiger partial charge in [0.25, 0.3) is 0 Å². The summed E-state index contributed by atoms with van der Waals surface area (Å²) < 4.78 is 32.6. The molecule has 6 nitrogen and oxygen atoms in total. The Kier molecular flexibility index (Phi) is 3.33. The van der Waals surface area contributed by atoms with Crippen LogP contribution in [-0.4, -0.2) is 29.4 Å². The molecule has 0 aliphatic carbocycles. The average molecular weight is 345 g/mol. The third-order valence-corrected chi connectivity index (χ3v) is 6.75. The van der Waals surface area contributed by atoms with E-state index in [2.05, 4.69) is 28.3 Å². The second kappa shape index (κ2) is 5.19. The number of aromatic amines is 1. The summed E-state index contributed by atoms with van der Waals surface area (Å²) >= 11 is 0. The molecule has 0 bridgehead atoms. The van der Waals surface area contributed by atoms with Crippen LogP contribution in [0.5, 0.6) is 0 Å². The van der Waals surface area contributed by atoms with Crippen molar-refractivity contribution >= 4 is 20.9 Å². The number of aromatic nitrogens is 2. The number of sulfonamides is 1. The molecule has 7 heteroatoms. The summed E-state index contributed by atoms with van der Waals surface area (Å²) in [7, 11) is -3.61. The second-order valence-corrected chi connectivity index (χ2v) is 8.25. The van der Waals surface area contributed by atoms with Crippen molar-refractivity contribution in [2.75, 3.05) is 6.54 Å². The van der Waals surface area contributed by atoms with E-state index in [4.69, 9.17) is 4.52 Å². The molecule has 1 aliphatic heterocycles. The van der Waals surface area contributed by atoms with Crippen LogP contribution in [0.2, 0.25) is 0 Å². The molecule has 3 aromatic rings. The predicted molar refractivity (Wildman–Crippen MR) is 90.3 cm³/mol. The Morgan fingerprint density at radius 2 is 2.04 bits per heavy atom. The van der Waals surface area contributed by atoms with Crippen molar-refractivity contribution in [3.63, 3.8) is 0 Å². The highest BCUT2D eigenvalue weighted by atomic mass is 32.2. The van der Waals surface area contributed by atoms with Crippen molar-refractivity contribution in [3.05, 3.63) is 46.5 Å². The van der Waals surface area contributed by atoms with Gasteiger partial charge >= 0.3 is 0 Å². The molecule has 0 atom stereocenters. The maximum absolute atomic E-state index is 13.0. The molecule has 0 radical (unpaired) electrons. The van der Waals surface area contributed by atoms with E-state index in [1.165, 1.54) is 9.87 Å². The van der Waals surface area contributed by atoms with E-state index < -0.39 is 10.0 Å². The number of hydrogen-bond donors (Lipinski definition) is 1. The van der Waals surface area contributed by atoms with E-state index in [1.54, 1.807) is 13.8 Å². The molecule has 4 rings (SSSR count). The van der Waals surface area contributed by atoms with Crippen LogP contribution in [0, 0.1) is 20.8 Å². The second-order valence-electron chi connectivity index (χ2n) is 6.37. The first-order valence-electron chi connectivity index (χ1n) is 7.91. The van der Waals surface area contributed by atoms with Crippen LogP contribution >= 0.6 is 0 Å². The van der Waals surface area contributed by atoms with Crippen LogP contribution in [0.15, 0.2) is 27.6 Å². The molecule has 0 unspecified atom stereocenters. The highest BCUT2D eigenvalue weighted by molar-refractivity contribution is 7.89. The molecule has 2 aromatic heterocycles. The van der Waals surface area contributed by atoms with Gasteiger partial charge in [-0.1, -0.05) is 17.3 Å². The molecule has 126 valence electrons. The Morgan fingerprint density at radius 3 is 2.75 bits per heavy atom. The first-order valence-corrected chi connectivity index (χ1v) is 9.35. The van der Waals surface area contributed by atoms with Crippen LogP contribution < -0.4 is 0 Å². The van der Waals surface area contributed by atoms with E-state index >= 15 is 0 Å². The highest BCUT2D eigenvalue weighted by Crippen LogP contribution is 2.32. The van der Waals surface area contributed by atoms with Gasteiger partial charge in [-0.2, -0.15) is 4.31 Å². The predicted octanol–water partition coefficient (Wildman–Crippen LogP) is 2.83. The van der Waals surface area contributed by atoms with Crippen molar-refractivity contribution in [1.29, 1.82) is 0 Å². The van der Waals surface area contributed by atoms with Gasteiger partial charge in [0.1, 0.15) is 10.6 Å². The fraction of sp³-hybridized carbons (Fsp3) is 0.353. The molecule has 0 fully saturated rings.